The Morgan fingerprint density at radius 2 is 2.12 bits per heavy atom. The van der Waals surface area contributed by atoms with Gasteiger partial charge in [0.25, 0.3) is 0 Å². The van der Waals surface area contributed by atoms with E-state index in [1.165, 1.54) is 0 Å². The molecule has 0 spiro atoms. The summed E-state index contributed by atoms with van der Waals surface area (Å²) < 4.78 is 6.31. The van der Waals surface area contributed by atoms with Crippen LogP contribution in [0.4, 0.5) is 0 Å². The lowest BCUT2D eigenvalue weighted by Gasteiger charge is -2.15. The summed E-state index contributed by atoms with van der Waals surface area (Å²) >= 11 is 2.11. The molecule has 1 saturated heterocycles. The van der Waals surface area contributed by atoms with Crippen molar-refractivity contribution in [3.05, 3.63) is 27.6 Å². The predicted molar refractivity (Wildman–Crippen MR) is 63.7 cm³/mol. The third kappa shape index (κ3) is 2.07. The predicted octanol–water partition coefficient (Wildman–Crippen LogP) is -0.160. The van der Waals surface area contributed by atoms with E-state index in [2.05, 4.69) is 27.6 Å². The molecule has 1 aromatic rings. The van der Waals surface area contributed by atoms with Crippen molar-refractivity contribution in [2.45, 2.75) is 24.4 Å². The Morgan fingerprint density at radius 3 is 2.69 bits per heavy atom. The monoisotopic (exact) mass is 337 g/mol. The minimum absolute atomic E-state index is 0.314. The van der Waals surface area contributed by atoms with E-state index < -0.39 is 24.4 Å². The maximum Gasteiger partial charge on any atom is 0.114 e. The van der Waals surface area contributed by atoms with Crippen LogP contribution in [-0.4, -0.2) is 45.2 Å². The SMILES string of the molecule is OC[C@H]1OC(c2cnccc2I)[C@H](O)[C@@H]1O. The molecule has 6 heteroatoms. The average Bonchev–Trinajstić information content (AvgIpc) is 2.57. The second-order valence-electron chi connectivity index (χ2n) is 3.66. The smallest absolute Gasteiger partial charge is 0.114 e. The second kappa shape index (κ2) is 4.92. The Balaban J connectivity index is 2.26. The summed E-state index contributed by atoms with van der Waals surface area (Å²) in [6, 6.07) is 1.80. The Labute approximate surface area is 106 Å². The standard InChI is InChI=1S/C10H12INO4/c11-6-1-2-12-3-5(6)10-9(15)8(14)7(4-13)16-10/h1-3,7-10,13-15H,4H2/t7-,8-,9-,10?/m1/s1. The van der Waals surface area contributed by atoms with Crippen molar-refractivity contribution in [1.82, 2.24) is 4.98 Å². The summed E-state index contributed by atoms with van der Waals surface area (Å²) in [5.74, 6) is 0. The number of halogens is 1. The highest BCUT2D eigenvalue weighted by Crippen LogP contribution is 2.34. The Hall–Kier alpha value is -0.280. The summed E-state index contributed by atoms with van der Waals surface area (Å²) in [6.07, 6.45) is -0.223. The molecule has 0 aliphatic carbocycles. The molecular formula is C10H12INO4. The van der Waals surface area contributed by atoms with Crippen molar-refractivity contribution in [3.63, 3.8) is 0 Å². The van der Waals surface area contributed by atoms with Crippen molar-refractivity contribution in [3.8, 4) is 0 Å². The van der Waals surface area contributed by atoms with E-state index in [0.717, 1.165) is 9.13 Å². The fourth-order valence-electron chi connectivity index (χ4n) is 1.76. The van der Waals surface area contributed by atoms with Crippen LogP contribution < -0.4 is 0 Å². The van der Waals surface area contributed by atoms with Crippen LogP contribution in [0.25, 0.3) is 0 Å². The summed E-state index contributed by atoms with van der Waals surface area (Å²) in [5.41, 5.74) is 0.727. The molecule has 1 unspecified atom stereocenters. The van der Waals surface area contributed by atoms with Gasteiger partial charge in [0.1, 0.15) is 24.4 Å². The number of hydrogen-bond donors (Lipinski definition) is 3. The van der Waals surface area contributed by atoms with Crippen LogP contribution in [0.5, 0.6) is 0 Å². The van der Waals surface area contributed by atoms with Gasteiger partial charge in [-0.05, 0) is 28.7 Å². The first-order valence-electron chi connectivity index (χ1n) is 4.87. The van der Waals surface area contributed by atoms with E-state index in [-0.39, 0.29) is 6.61 Å². The van der Waals surface area contributed by atoms with Gasteiger partial charge in [0.05, 0.1) is 6.61 Å². The third-order valence-corrected chi connectivity index (χ3v) is 3.63. The quantitative estimate of drug-likeness (QED) is 0.654. The molecule has 2 rings (SSSR count). The van der Waals surface area contributed by atoms with Crippen LogP contribution in [0.15, 0.2) is 18.5 Å². The van der Waals surface area contributed by atoms with Gasteiger partial charge in [0, 0.05) is 21.5 Å². The molecule has 0 aromatic carbocycles. The molecule has 4 atom stereocenters. The number of rotatable bonds is 2. The van der Waals surface area contributed by atoms with E-state index in [9.17, 15) is 10.2 Å². The van der Waals surface area contributed by atoms with Gasteiger partial charge >= 0.3 is 0 Å². The van der Waals surface area contributed by atoms with Gasteiger partial charge < -0.3 is 20.1 Å². The van der Waals surface area contributed by atoms with Crippen LogP contribution in [0, 0.1) is 3.57 Å². The lowest BCUT2D eigenvalue weighted by atomic mass is 10.0. The Kier molecular flexibility index (Phi) is 3.75. The summed E-state index contributed by atoms with van der Waals surface area (Å²) in [6.45, 7) is -0.314. The van der Waals surface area contributed by atoms with Crippen molar-refractivity contribution in [2.24, 2.45) is 0 Å². The zero-order chi connectivity index (χ0) is 11.7. The van der Waals surface area contributed by atoms with Crippen LogP contribution >= 0.6 is 22.6 Å². The van der Waals surface area contributed by atoms with Gasteiger partial charge in [-0.2, -0.15) is 0 Å². The van der Waals surface area contributed by atoms with Gasteiger partial charge in [0.2, 0.25) is 0 Å². The molecule has 1 aromatic heterocycles. The molecule has 16 heavy (non-hydrogen) atoms. The first-order valence-corrected chi connectivity index (χ1v) is 5.95. The molecular weight excluding hydrogens is 325 g/mol. The van der Waals surface area contributed by atoms with Crippen LogP contribution in [0.3, 0.4) is 0 Å². The minimum Gasteiger partial charge on any atom is -0.394 e. The molecule has 0 radical (unpaired) electrons. The fraction of sp³-hybridized carbons (Fsp3) is 0.500. The van der Waals surface area contributed by atoms with Crippen molar-refractivity contribution >= 4 is 22.6 Å². The molecule has 0 bridgehead atoms. The molecule has 0 saturated carbocycles. The van der Waals surface area contributed by atoms with E-state index >= 15 is 0 Å². The summed E-state index contributed by atoms with van der Waals surface area (Å²) in [7, 11) is 0. The van der Waals surface area contributed by atoms with Gasteiger partial charge in [0.15, 0.2) is 0 Å². The zero-order valence-corrected chi connectivity index (χ0v) is 10.5. The maximum atomic E-state index is 9.82. The second-order valence-corrected chi connectivity index (χ2v) is 4.82. The first kappa shape index (κ1) is 12.2. The lowest BCUT2D eigenvalue weighted by Crippen LogP contribution is -2.32. The van der Waals surface area contributed by atoms with Crippen LogP contribution in [0.1, 0.15) is 11.7 Å². The highest BCUT2D eigenvalue weighted by Gasteiger charge is 2.43. The van der Waals surface area contributed by atoms with Crippen molar-refractivity contribution in [1.29, 1.82) is 0 Å². The van der Waals surface area contributed by atoms with Gasteiger partial charge in [-0.1, -0.05) is 0 Å². The van der Waals surface area contributed by atoms with Gasteiger partial charge in [-0.15, -0.1) is 0 Å². The molecule has 1 aliphatic rings. The highest BCUT2D eigenvalue weighted by atomic mass is 127. The summed E-state index contributed by atoms with van der Waals surface area (Å²) in [5, 5.41) is 28.4. The van der Waals surface area contributed by atoms with Crippen LogP contribution in [-0.2, 0) is 4.74 Å². The van der Waals surface area contributed by atoms with E-state index in [0.29, 0.717) is 0 Å². The van der Waals surface area contributed by atoms with E-state index in [4.69, 9.17) is 9.84 Å². The third-order valence-electron chi connectivity index (χ3n) is 2.65. The molecule has 3 N–H and O–H groups in total. The van der Waals surface area contributed by atoms with Gasteiger partial charge in [-0.3, -0.25) is 4.98 Å². The topological polar surface area (TPSA) is 82.8 Å². The van der Waals surface area contributed by atoms with E-state index in [1.54, 1.807) is 18.5 Å². The van der Waals surface area contributed by atoms with Crippen molar-refractivity contribution in [2.75, 3.05) is 6.61 Å². The Morgan fingerprint density at radius 1 is 1.38 bits per heavy atom. The lowest BCUT2D eigenvalue weighted by molar-refractivity contribution is -0.0230. The molecule has 0 amide bonds. The summed E-state index contributed by atoms with van der Waals surface area (Å²) in [4.78, 5) is 3.96. The highest BCUT2D eigenvalue weighted by molar-refractivity contribution is 14.1. The van der Waals surface area contributed by atoms with E-state index in [1.807, 2.05) is 0 Å². The number of hydrogen-bond acceptors (Lipinski definition) is 5. The maximum absolute atomic E-state index is 9.82. The number of pyridine rings is 1. The number of ether oxygens (including phenoxy) is 1. The zero-order valence-electron chi connectivity index (χ0n) is 8.32. The molecule has 1 fully saturated rings. The van der Waals surface area contributed by atoms with Crippen LogP contribution in [0.2, 0.25) is 0 Å². The molecule has 5 nitrogen and oxygen atoms in total. The average molecular weight is 337 g/mol. The number of aliphatic hydroxyl groups excluding tert-OH is 3. The van der Waals surface area contributed by atoms with Crippen molar-refractivity contribution < 1.29 is 20.1 Å². The first-order chi connectivity index (χ1) is 7.65. The van der Waals surface area contributed by atoms with Gasteiger partial charge in [-0.25, -0.2) is 0 Å². The fourth-order valence-corrected chi connectivity index (χ4v) is 2.36. The number of nitrogens with zero attached hydrogens (tertiary/aromatic N) is 1. The number of aliphatic hydroxyl groups is 3. The Bertz CT molecular complexity index is 376. The molecule has 1 aliphatic heterocycles. The largest absolute Gasteiger partial charge is 0.394 e. The minimum atomic E-state index is -1.06. The molecule has 2 heterocycles. The normalized spacial score (nSPS) is 34.2. The number of aromatic nitrogens is 1. The molecule has 88 valence electrons.